The summed E-state index contributed by atoms with van der Waals surface area (Å²) in [7, 11) is 7.50. The maximum absolute atomic E-state index is 13.1. The number of piperazine rings is 1. The van der Waals surface area contributed by atoms with Crippen molar-refractivity contribution >= 4 is 29.3 Å². The Kier molecular flexibility index (Phi) is 12.2. The smallest absolute Gasteiger partial charge is 0.277 e. The van der Waals surface area contributed by atoms with Crippen molar-refractivity contribution in [2.45, 2.75) is 18.8 Å². The van der Waals surface area contributed by atoms with Crippen molar-refractivity contribution in [1.29, 1.82) is 0 Å². The SMILES string of the molecule is COc1cc(OC)c2c(c1)OC(c1cc(OC)c(OC)c(OC)c1)=C(OCCCCN1CCN(C(=O)c3cc([N+](=O)[O-])cc([N+](=O)[O-])c3)CC1)C2C=O. The summed E-state index contributed by atoms with van der Waals surface area (Å²) in [5.74, 6) is 1.52. The minimum absolute atomic E-state index is 0.101. The molecule has 282 valence electrons. The van der Waals surface area contributed by atoms with Crippen molar-refractivity contribution in [3.8, 4) is 34.5 Å². The molecule has 0 N–H and O–H groups in total. The van der Waals surface area contributed by atoms with E-state index in [1.54, 1.807) is 24.3 Å². The number of non-ortho nitro benzene ring substituents is 2. The Labute approximate surface area is 304 Å². The van der Waals surface area contributed by atoms with E-state index < -0.39 is 33.0 Å². The van der Waals surface area contributed by atoms with Crippen LogP contribution in [0.3, 0.4) is 0 Å². The zero-order valence-corrected chi connectivity index (χ0v) is 29.9. The number of fused-ring (bicyclic) bond motifs is 1. The lowest BCUT2D eigenvalue weighted by molar-refractivity contribution is -0.394. The number of nitrogens with zero attached hydrogens (tertiary/aromatic N) is 4. The summed E-state index contributed by atoms with van der Waals surface area (Å²) < 4.78 is 40.5. The molecule has 1 saturated heterocycles. The number of hydrogen-bond donors (Lipinski definition) is 0. The molecule has 17 heteroatoms. The number of rotatable bonds is 16. The minimum atomic E-state index is -0.883. The van der Waals surface area contributed by atoms with Crippen LogP contribution in [0.2, 0.25) is 0 Å². The number of nitro groups is 2. The van der Waals surface area contributed by atoms with Gasteiger partial charge in [-0.15, -0.1) is 0 Å². The summed E-state index contributed by atoms with van der Waals surface area (Å²) in [4.78, 5) is 50.7. The van der Waals surface area contributed by atoms with Gasteiger partial charge in [-0.1, -0.05) is 0 Å². The van der Waals surface area contributed by atoms with Crippen molar-refractivity contribution in [1.82, 2.24) is 9.80 Å². The van der Waals surface area contributed by atoms with E-state index in [1.807, 2.05) is 0 Å². The molecule has 17 nitrogen and oxygen atoms in total. The lowest BCUT2D eigenvalue weighted by atomic mass is 9.91. The lowest BCUT2D eigenvalue weighted by Crippen LogP contribution is -2.48. The zero-order chi connectivity index (χ0) is 38.2. The van der Waals surface area contributed by atoms with Crippen molar-refractivity contribution in [2.24, 2.45) is 0 Å². The number of aldehydes is 1. The Bertz CT molecular complexity index is 1850. The van der Waals surface area contributed by atoms with Crippen LogP contribution in [-0.4, -0.2) is 107 Å². The van der Waals surface area contributed by atoms with Crippen LogP contribution < -0.4 is 28.4 Å². The van der Waals surface area contributed by atoms with Crippen LogP contribution in [0.15, 0.2) is 48.2 Å². The number of methoxy groups -OCH3 is 5. The molecule has 3 aromatic carbocycles. The Morgan fingerprint density at radius 1 is 0.811 bits per heavy atom. The lowest BCUT2D eigenvalue weighted by Gasteiger charge is -2.34. The van der Waals surface area contributed by atoms with Crippen LogP contribution in [0, 0.1) is 20.2 Å². The van der Waals surface area contributed by atoms with E-state index in [1.165, 1.54) is 40.4 Å². The van der Waals surface area contributed by atoms with Crippen LogP contribution in [0.25, 0.3) is 5.76 Å². The summed E-state index contributed by atoms with van der Waals surface area (Å²) >= 11 is 0. The van der Waals surface area contributed by atoms with Gasteiger partial charge in [0.05, 0.1) is 69.2 Å². The second-order valence-electron chi connectivity index (χ2n) is 12.0. The second-order valence-corrected chi connectivity index (χ2v) is 12.0. The van der Waals surface area contributed by atoms with E-state index in [2.05, 4.69) is 4.90 Å². The number of carbonyl (C=O) groups is 2. The molecule has 2 aliphatic rings. The Morgan fingerprint density at radius 2 is 1.43 bits per heavy atom. The fourth-order valence-electron chi connectivity index (χ4n) is 6.29. The molecule has 0 saturated carbocycles. The van der Waals surface area contributed by atoms with Gasteiger partial charge in [-0.3, -0.25) is 29.9 Å². The van der Waals surface area contributed by atoms with E-state index in [9.17, 15) is 29.8 Å². The van der Waals surface area contributed by atoms with Crippen molar-refractivity contribution in [2.75, 3.05) is 74.9 Å². The molecule has 2 heterocycles. The van der Waals surface area contributed by atoms with Crippen LogP contribution in [0.4, 0.5) is 11.4 Å². The fourth-order valence-corrected chi connectivity index (χ4v) is 6.29. The quantitative estimate of drug-likeness (QED) is 0.0839. The third-order valence-electron chi connectivity index (χ3n) is 8.98. The van der Waals surface area contributed by atoms with E-state index >= 15 is 0 Å². The molecule has 0 aliphatic carbocycles. The molecule has 0 spiro atoms. The molecule has 3 aromatic rings. The second kappa shape index (κ2) is 16.9. The van der Waals surface area contributed by atoms with Crippen molar-refractivity contribution in [3.63, 3.8) is 0 Å². The van der Waals surface area contributed by atoms with Gasteiger partial charge in [-0.05, 0) is 31.5 Å². The molecule has 1 amide bonds. The van der Waals surface area contributed by atoms with E-state index in [-0.39, 0.29) is 23.7 Å². The normalized spacial score (nSPS) is 15.5. The topological polar surface area (TPSA) is 192 Å². The molecule has 2 aliphatic heterocycles. The molecule has 0 aromatic heterocycles. The summed E-state index contributed by atoms with van der Waals surface area (Å²) in [5.41, 5.74) is -0.130. The fraction of sp³-hybridized carbons (Fsp3) is 0.389. The van der Waals surface area contributed by atoms with E-state index in [0.29, 0.717) is 84.8 Å². The highest BCUT2D eigenvalue weighted by Crippen LogP contribution is 2.50. The Balaban J connectivity index is 1.28. The number of nitro benzene ring substituents is 2. The number of unbranched alkanes of at least 4 members (excludes halogenated alkanes) is 1. The van der Waals surface area contributed by atoms with Gasteiger partial charge in [0.1, 0.15) is 29.5 Å². The highest BCUT2D eigenvalue weighted by Gasteiger charge is 2.36. The van der Waals surface area contributed by atoms with Crippen LogP contribution in [0.5, 0.6) is 34.5 Å². The molecule has 1 unspecified atom stereocenters. The third-order valence-corrected chi connectivity index (χ3v) is 8.98. The number of allylic oxidation sites excluding steroid dienone is 1. The van der Waals surface area contributed by atoms with Gasteiger partial charge in [0.25, 0.3) is 17.3 Å². The highest BCUT2D eigenvalue weighted by molar-refractivity contribution is 5.95. The molecule has 1 atom stereocenters. The predicted octanol–water partition coefficient (Wildman–Crippen LogP) is 4.84. The van der Waals surface area contributed by atoms with Crippen LogP contribution in [-0.2, 0) is 9.53 Å². The number of amides is 1. The Hall–Kier alpha value is -6.10. The first-order chi connectivity index (χ1) is 25.6. The molecular weight excluding hydrogens is 696 g/mol. The van der Waals surface area contributed by atoms with Gasteiger partial charge in [0.15, 0.2) is 23.0 Å². The molecule has 53 heavy (non-hydrogen) atoms. The minimum Gasteiger partial charge on any atom is -0.496 e. The molecular formula is C36H40N4O13. The van der Waals surface area contributed by atoms with Crippen molar-refractivity contribution < 1.29 is 52.6 Å². The largest absolute Gasteiger partial charge is 0.496 e. The molecule has 0 radical (unpaired) electrons. The molecule has 5 rings (SSSR count). The number of carbonyl (C=O) groups excluding carboxylic acids is 2. The maximum Gasteiger partial charge on any atom is 0.277 e. The summed E-state index contributed by atoms with van der Waals surface area (Å²) in [6.45, 7) is 2.72. The average molecular weight is 737 g/mol. The summed E-state index contributed by atoms with van der Waals surface area (Å²) in [6.07, 6.45) is 2.11. The summed E-state index contributed by atoms with van der Waals surface area (Å²) in [5, 5.41) is 22.6. The van der Waals surface area contributed by atoms with Crippen molar-refractivity contribution in [3.05, 3.63) is 85.1 Å². The Morgan fingerprint density at radius 3 is 1.96 bits per heavy atom. The van der Waals surface area contributed by atoms with Gasteiger partial charge in [-0.2, -0.15) is 0 Å². The predicted molar refractivity (Wildman–Crippen MR) is 189 cm³/mol. The van der Waals surface area contributed by atoms with Gasteiger partial charge in [0.2, 0.25) is 5.75 Å². The third kappa shape index (κ3) is 8.19. The number of benzene rings is 3. The molecule has 0 bridgehead atoms. The highest BCUT2D eigenvalue weighted by atomic mass is 16.6. The zero-order valence-electron chi connectivity index (χ0n) is 29.9. The van der Waals surface area contributed by atoms with E-state index in [4.69, 9.17) is 33.2 Å². The standard InChI is InChI=1S/C36H40N4O13/c1-47-26-19-28(48-2)32-27(21-41)34(33(53-29(32)20-26)22-16-30(49-3)35(51-5)31(17-22)50-4)52-13-7-6-8-37-9-11-38(12-10-37)36(42)23-14-24(39(43)44)18-25(15-23)40(45)46/h14-21,27H,6-13H2,1-5H3. The maximum atomic E-state index is 13.1. The van der Waals surface area contributed by atoms with Gasteiger partial charge in [-0.25, -0.2) is 0 Å². The van der Waals surface area contributed by atoms with Crippen LogP contribution in [0.1, 0.15) is 40.2 Å². The van der Waals surface area contributed by atoms with Gasteiger partial charge >= 0.3 is 0 Å². The average Bonchev–Trinajstić information content (AvgIpc) is 3.18. The molecule has 1 fully saturated rings. The number of ether oxygens (including phenoxy) is 7. The first-order valence-electron chi connectivity index (χ1n) is 16.6. The van der Waals surface area contributed by atoms with Gasteiger partial charge in [0, 0.05) is 56.0 Å². The first-order valence-corrected chi connectivity index (χ1v) is 16.6. The monoisotopic (exact) mass is 736 g/mol. The first kappa shape index (κ1) is 38.1. The van der Waals surface area contributed by atoms with Crippen LogP contribution >= 0.6 is 0 Å². The summed E-state index contributed by atoms with van der Waals surface area (Å²) in [6, 6.07) is 9.69. The van der Waals surface area contributed by atoms with E-state index in [0.717, 1.165) is 30.9 Å². The number of hydrogen-bond acceptors (Lipinski definition) is 14. The van der Waals surface area contributed by atoms with Gasteiger partial charge < -0.3 is 42.9 Å².